The first-order chi connectivity index (χ1) is 8.29. The van der Waals surface area contributed by atoms with E-state index in [1.807, 2.05) is 12.1 Å². The van der Waals surface area contributed by atoms with E-state index in [1.165, 1.54) is 10.9 Å². The molecule has 3 heteroatoms. The molecule has 2 aromatic heterocycles. The summed E-state index contributed by atoms with van der Waals surface area (Å²) in [5.74, 6) is 0.833. The average Bonchev–Trinajstić information content (AvgIpc) is 2.94. The number of aromatic nitrogens is 1. The number of hydrogen-bond donors (Lipinski definition) is 2. The third kappa shape index (κ3) is 1.56. The summed E-state index contributed by atoms with van der Waals surface area (Å²) < 4.78 is 5.44. The first kappa shape index (κ1) is 10.2. The van der Waals surface area contributed by atoms with E-state index in [0.29, 0.717) is 6.54 Å². The summed E-state index contributed by atoms with van der Waals surface area (Å²) in [5.41, 5.74) is 10.3. The standard InChI is InChI=1S/C14H14N2O/c1-9-4-5-12-10(7-9)11(8-15)14(16-12)13-3-2-6-17-13/h2-7,16H,8,15H2,1H3. The van der Waals surface area contributed by atoms with Gasteiger partial charge in [0, 0.05) is 23.0 Å². The first-order valence-corrected chi connectivity index (χ1v) is 5.65. The number of nitrogens with one attached hydrogen (secondary N) is 1. The Bertz CT molecular complexity index is 650. The SMILES string of the molecule is Cc1ccc2[nH]c(-c3ccco3)c(CN)c2c1. The molecule has 17 heavy (non-hydrogen) atoms. The van der Waals surface area contributed by atoms with Gasteiger partial charge in [0.2, 0.25) is 0 Å². The van der Waals surface area contributed by atoms with Crippen molar-refractivity contribution < 1.29 is 4.42 Å². The molecule has 0 aliphatic heterocycles. The Labute approximate surface area is 99.2 Å². The fourth-order valence-electron chi connectivity index (χ4n) is 2.20. The van der Waals surface area contributed by atoms with Gasteiger partial charge in [-0.05, 0) is 31.2 Å². The Morgan fingerprint density at radius 1 is 1.29 bits per heavy atom. The molecule has 0 saturated heterocycles. The van der Waals surface area contributed by atoms with Crippen LogP contribution in [0.5, 0.6) is 0 Å². The zero-order valence-corrected chi connectivity index (χ0v) is 9.66. The molecular formula is C14H14N2O. The summed E-state index contributed by atoms with van der Waals surface area (Å²) in [6.45, 7) is 2.58. The molecule has 3 aromatic rings. The van der Waals surface area contributed by atoms with Crippen LogP contribution < -0.4 is 5.73 Å². The van der Waals surface area contributed by atoms with Gasteiger partial charge in [-0.1, -0.05) is 11.6 Å². The Hall–Kier alpha value is -2.00. The largest absolute Gasteiger partial charge is 0.463 e. The van der Waals surface area contributed by atoms with Gasteiger partial charge in [0.25, 0.3) is 0 Å². The molecule has 0 unspecified atom stereocenters. The minimum Gasteiger partial charge on any atom is -0.463 e. The molecule has 0 saturated carbocycles. The summed E-state index contributed by atoms with van der Waals surface area (Å²) in [5, 5.41) is 1.18. The summed E-state index contributed by atoms with van der Waals surface area (Å²) >= 11 is 0. The molecular weight excluding hydrogens is 212 g/mol. The highest BCUT2D eigenvalue weighted by atomic mass is 16.3. The molecule has 0 atom stereocenters. The number of furan rings is 1. The summed E-state index contributed by atoms with van der Waals surface area (Å²) in [7, 11) is 0. The van der Waals surface area contributed by atoms with Crippen LogP contribution in [0.3, 0.4) is 0 Å². The lowest BCUT2D eigenvalue weighted by molar-refractivity contribution is 0.580. The third-order valence-corrected chi connectivity index (χ3v) is 3.03. The minimum absolute atomic E-state index is 0.499. The number of benzene rings is 1. The van der Waals surface area contributed by atoms with E-state index in [9.17, 15) is 0 Å². The van der Waals surface area contributed by atoms with E-state index in [0.717, 1.165) is 22.5 Å². The number of nitrogens with two attached hydrogens (primary N) is 1. The Morgan fingerprint density at radius 3 is 2.88 bits per heavy atom. The van der Waals surface area contributed by atoms with Crippen LogP contribution in [0, 0.1) is 6.92 Å². The van der Waals surface area contributed by atoms with Crippen molar-refractivity contribution in [1.82, 2.24) is 4.98 Å². The molecule has 2 heterocycles. The van der Waals surface area contributed by atoms with Gasteiger partial charge in [0.05, 0.1) is 12.0 Å². The monoisotopic (exact) mass is 226 g/mol. The van der Waals surface area contributed by atoms with E-state index in [-0.39, 0.29) is 0 Å². The topological polar surface area (TPSA) is 55.0 Å². The molecule has 0 amide bonds. The lowest BCUT2D eigenvalue weighted by Gasteiger charge is -1.98. The van der Waals surface area contributed by atoms with Crippen LogP contribution in [0.15, 0.2) is 41.0 Å². The van der Waals surface area contributed by atoms with Gasteiger partial charge in [-0.25, -0.2) is 0 Å². The van der Waals surface area contributed by atoms with Gasteiger partial charge in [0.15, 0.2) is 0 Å². The maximum atomic E-state index is 5.86. The van der Waals surface area contributed by atoms with Crippen molar-refractivity contribution in [3.05, 3.63) is 47.7 Å². The summed E-state index contributed by atoms with van der Waals surface area (Å²) in [6.07, 6.45) is 1.67. The van der Waals surface area contributed by atoms with E-state index < -0.39 is 0 Å². The highest BCUT2D eigenvalue weighted by molar-refractivity contribution is 5.90. The zero-order valence-electron chi connectivity index (χ0n) is 9.66. The van der Waals surface area contributed by atoms with Gasteiger partial charge in [-0.3, -0.25) is 0 Å². The molecule has 3 rings (SSSR count). The minimum atomic E-state index is 0.499. The average molecular weight is 226 g/mol. The quantitative estimate of drug-likeness (QED) is 0.705. The van der Waals surface area contributed by atoms with Gasteiger partial charge < -0.3 is 15.1 Å². The number of aromatic amines is 1. The van der Waals surface area contributed by atoms with Crippen LogP contribution in [0.2, 0.25) is 0 Å². The number of H-pyrrole nitrogens is 1. The van der Waals surface area contributed by atoms with Crippen molar-refractivity contribution in [3.8, 4) is 11.5 Å². The van der Waals surface area contributed by atoms with Gasteiger partial charge in [-0.2, -0.15) is 0 Å². The van der Waals surface area contributed by atoms with E-state index in [1.54, 1.807) is 6.26 Å². The van der Waals surface area contributed by atoms with Gasteiger partial charge in [-0.15, -0.1) is 0 Å². The number of aryl methyl sites for hydroxylation is 1. The second kappa shape index (κ2) is 3.79. The van der Waals surface area contributed by atoms with Crippen LogP contribution in [0.1, 0.15) is 11.1 Å². The Morgan fingerprint density at radius 2 is 2.18 bits per heavy atom. The fourth-order valence-corrected chi connectivity index (χ4v) is 2.20. The Balaban J connectivity index is 2.32. The lowest BCUT2D eigenvalue weighted by atomic mass is 10.1. The van der Waals surface area contributed by atoms with Gasteiger partial charge >= 0.3 is 0 Å². The molecule has 3 nitrogen and oxygen atoms in total. The van der Waals surface area contributed by atoms with E-state index in [4.69, 9.17) is 10.2 Å². The van der Waals surface area contributed by atoms with E-state index in [2.05, 4.69) is 30.1 Å². The predicted octanol–water partition coefficient (Wildman–Crippen LogP) is 3.20. The first-order valence-electron chi connectivity index (χ1n) is 5.65. The van der Waals surface area contributed by atoms with Crippen LogP contribution in [0.25, 0.3) is 22.4 Å². The number of rotatable bonds is 2. The molecule has 0 bridgehead atoms. The van der Waals surface area contributed by atoms with Crippen LogP contribution in [-0.4, -0.2) is 4.98 Å². The van der Waals surface area contributed by atoms with Crippen molar-refractivity contribution in [2.24, 2.45) is 5.73 Å². The van der Waals surface area contributed by atoms with Gasteiger partial charge in [0.1, 0.15) is 5.76 Å². The van der Waals surface area contributed by atoms with Crippen LogP contribution in [-0.2, 0) is 6.54 Å². The second-order valence-electron chi connectivity index (χ2n) is 4.21. The predicted molar refractivity (Wildman–Crippen MR) is 68.6 cm³/mol. The van der Waals surface area contributed by atoms with Crippen LogP contribution >= 0.6 is 0 Å². The molecule has 3 N–H and O–H groups in total. The van der Waals surface area contributed by atoms with E-state index >= 15 is 0 Å². The lowest BCUT2D eigenvalue weighted by Crippen LogP contribution is -1.97. The maximum Gasteiger partial charge on any atom is 0.150 e. The smallest absolute Gasteiger partial charge is 0.150 e. The van der Waals surface area contributed by atoms with Crippen molar-refractivity contribution in [3.63, 3.8) is 0 Å². The maximum absolute atomic E-state index is 5.86. The highest BCUT2D eigenvalue weighted by Gasteiger charge is 2.13. The molecule has 0 fully saturated rings. The molecule has 86 valence electrons. The normalized spacial score (nSPS) is 11.2. The Kier molecular flexibility index (Phi) is 2.27. The second-order valence-corrected chi connectivity index (χ2v) is 4.21. The van der Waals surface area contributed by atoms with Crippen molar-refractivity contribution in [2.45, 2.75) is 13.5 Å². The summed E-state index contributed by atoms with van der Waals surface area (Å²) in [6, 6.07) is 10.1. The zero-order chi connectivity index (χ0) is 11.8. The summed E-state index contributed by atoms with van der Waals surface area (Å²) in [4.78, 5) is 3.37. The molecule has 0 aliphatic carbocycles. The van der Waals surface area contributed by atoms with Crippen LogP contribution in [0.4, 0.5) is 0 Å². The molecule has 0 aliphatic rings. The number of fused-ring (bicyclic) bond motifs is 1. The fraction of sp³-hybridized carbons (Fsp3) is 0.143. The highest BCUT2D eigenvalue weighted by Crippen LogP contribution is 2.30. The molecule has 1 aromatic carbocycles. The van der Waals surface area contributed by atoms with Crippen molar-refractivity contribution in [2.75, 3.05) is 0 Å². The molecule has 0 spiro atoms. The number of hydrogen-bond acceptors (Lipinski definition) is 2. The van der Waals surface area contributed by atoms with Crippen molar-refractivity contribution in [1.29, 1.82) is 0 Å². The molecule has 0 radical (unpaired) electrons. The van der Waals surface area contributed by atoms with Crippen molar-refractivity contribution >= 4 is 10.9 Å². The third-order valence-electron chi connectivity index (χ3n) is 3.03.